The summed E-state index contributed by atoms with van der Waals surface area (Å²) in [5.74, 6) is -0.0263. The zero-order valence-electron chi connectivity index (χ0n) is 17.5. The van der Waals surface area contributed by atoms with E-state index in [1.54, 1.807) is 11.0 Å². The van der Waals surface area contributed by atoms with Crippen LogP contribution >= 0.6 is 22.9 Å². The Bertz CT molecular complexity index is 1010. The molecular formula is C21H27ClN2O3S2. The molecule has 29 heavy (non-hydrogen) atoms. The SMILES string of the molecule is Cc1cc(C)c(S(=O)(=O)N2CCN(C(=O)C(C)(C)c3sccc3Cl)CC2)c(C)c1. The fourth-order valence-electron chi connectivity index (χ4n) is 4.07. The predicted octanol–water partition coefficient (Wildman–Crippen LogP) is 4.14. The summed E-state index contributed by atoms with van der Waals surface area (Å²) in [6.45, 7) is 10.7. The molecule has 0 atom stereocenters. The van der Waals surface area contributed by atoms with Gasteiger partial charge < -0.3 is 4.90 Å². The van der Waals surface area contributed by atoms with Gasteiger partial charge >= 0.3 is 0 Å². The highest BCUT2D eigenvalue weighted by Gasteiger charge is 2.39. The van der Waals surface area contributed by atoms with E-state index < -0.39 is 15.4 Å². The Morgan fingerprint density at radius 3 is 2.10 bits per heavy atom. The molecule has 0 radical (unpaired) electrons. The average Bonchev–Trinajstić information content (AvgIpc) is 3.07. The highest BCUT2D eigenvalue weighted by Crippen LogP contribution is 2.36. The summed E-state index contributed by atoms with van der Waals surface area (Å²) in [7, 11) is -3.60. The zero-order valence-corrected chi connectivity index (χ0v) is 19.8. The van der Waals surface area contributed by atoms with Crippen LogP contribution in [-0.2, 0) is 20.2 Å². The van der Waals surface area contributed by atoms with E-state index in [9.17, 15) is 13.2 Å². The molecule has 0 bridgehead atoms. The van der Waals surface area contributed by atoms with Gasteiger partial charge in [-0.15, -0.1) is 11.3 Å². The predicted molar refractivity (Wildman–Crippen MR) is 118 cm³/mol. The molecule has 1 fully saturated rings. The molecule has 0 N–H and O–H groups in total. The second kappa shape index (κ2) is 8.02. The largest absolute Gasteiger partial charge is 0.339 e. The Morgan fingerprint density at radius 2 is 1.62 bits per heavy atom. The highest BCUT2D eigenvalue weighted by molar-refractivity contribution is 7.89. The maximum Gasteiger partial charge on any atom is 0.243 e. The third-order valence-corrected chi connectivity index (χ3v) is 9.32. The lowest BCUT2D eigenvalue weighted by Gasteiger charge is -2.38. The van der Waals surface area contributed by atoms with Gasteiger partial charge in [0.25, 0.3) is 0 Å². The Hall–Kier alpha value is -1.41. The number of hydrogen-bond acceptors (Lipinski definition) is 4. The van der Waals surface area contributed by atoms with Gasteiger partial charge in [0.05, 0.1) is 15.3 Å². The fourth-order valence-corrected chi connectivity index (χ4v) is 7.31. The number of carbonyl (C=O) groups excluding carboxylic acids is 1. The van der Waals surface area contributed by atoms with Crippen LogP contribution in [-0.4, -0.2) is 49.7 Å². The van der Waals surface area contributed by atoms with Crippen LogP contribution in [0.5, 0.6) is 0 Å². The van der Waals surface area contributed by atoms with Crippen molar-refractivity contribution in [2.45, 2.75) is 44.9 Å². The third-order valence-electron chi connectivity index (χ3n) is 5.45. The van der Waals surface area contributed by atoms with Gasteiger partial charge in [0.2, 0.25) is 15.9 Å². The molecule has 2 heterocycles. The van der Waals surface area contributed by atoms with Crippen LogP contribution in [0.25, 0.3) is 0 Å². The van der Waals surface area contributed by atoms with Crippen LogP contribution < -0.4 is 0 Å². The van der Waals surface area contributed by atoms with Crippen molar-refractivity contribution >= 4 is 38.9 Å². The van der Waals surface area contributed by atoms with Crippen molar-refractivity contribution in [1.29, 1.82) is 0 Å². The molecule has 3 rings (SSSR count). The number of carbonyl (C=O) groups is 1. The van der Waals surface area contributed by atoms with E-state index in [0.717, 1.165) is 21.6 Å². The Kier molecular flexibility index (Phi) is 6.16. The lowest BCUT2D eigenvalue weighted by Crippen LogP contribution is -2.54. The maximum atomic E-state index is 13.3. The first kappa shape index (κ1) is 22.3. The third kappa shape index (κ3) is 4.10. The number of nitrogens with zero attached hydrogens (tertiary/aromatic N) is 2. The van der Waals surface area contributed by atoms with E-state index in [4.69, 9.17) is 11.6 Å². The van der Waals surface area contributed by atoms with Crippen molar-refractivity contribution in [1.82, 2.24) is 9.21 Å². The Balaban J connectivity index is 1.77. The second-order valence-electron chi connectivity index (χ2n) is 8.15. The lowest BCUT2D eigenvalue weighted by molar-refractivity contribution is -0.137. The number of piperazine rings is 1. The van der Waals surface area contributed by atoms with Gasteiger partial charge in [0, 0.05) is 31.1 Å². The molecule has 1 aliphatic rings. The molecule has 0 aliphatic carbocycles. The number of sulfonamides is 1. The Morgan fingerprint density at radius 1 is 1.07 bits per heavy atom. The first-order valence-electron chi connectivity index (χ1n) is 9.57. The van der Waals surface area contributed by atoms with E-state index in [-0.39, 0.29) is 19.0 Å². The van der Waals surface area contributed by atoms with Crippen molar-refractivity contribution in [2.75, 3.05) is 26.2 Å². The van der Waals surface area contributed by atoms with Crippen LogP contribution in [0, 0.1) is 20.8 Å². The minimum atomic E-state index is -3.60. The molecule has 5 nitrogen and oxygen atoms in total. The summed E-state index contributed by atoms with van der Waals surface area (Å²) < 4.78 is 28.0. The van der Waals surface area contributed by atoms with E-state index >= 15 is 0 Å². The van der Waals surface area contributed by atoms with Crippen molar-refractivity contribution in [2.24, 2.45) is 0 Å². The molecule has 0 spiro atoms. The van der Waals surface area contributed by atoms with Crippen molar-refractivity contribution in [3.8, 4) is 0 Å². The minimum absolute atomic E-state index is 0.0263. The number of halogens is 1. The molecule has 2 aromatic rings. The molecule has 0 unspecified atom stereocenters. The van der Waals surface area contributed by atoms with Crippen molar-refractivity contribution in [3.05, 3.63) is 50.2 Å². The molecule has 1 amide bonds. The average molecular weight is 455 g/mol. The van der Waals surface area contributed by atoms with Crippen LogP contribution in [0.3, 0.4) is 0 Å². The minimum Gasteiger partial charge on any atom is -0.339 e. The van der Waals surface area contributed by atoms with Gasteiger partial charge in [-0.2, -0.15) is 4.31 Å². The summed E-state index contributed by atoms with van der Waals surface area (Å²) >= 11 is 7.72. The normalized spacial score (nSPS) is 16.3. The summed E-state index contributed by atoms with van der Waals surface area (Å²) in [6.07, 6.45) is 0. The van der Waals surface area contributed by atoms with Crippen molar-refractivity contribution < 1.29 is 13.2 Å². The van der Waals surface area contributed by atoms with E-state index in [1.165, 1.54) is 15.6 Å². The second-order valence-corrected chi connectivity index (χ2v) is 11.3. The quantitative estimate of drug-likeness (QED) is 0.697. The molecular weight excluding hydrogens is 428 g/mol. The molecule has 0 saturated carbocycles. The van der Waals surface area contributed by atoms with Gasteiger partial charge in [-0.1, -0.05) is 29.3 Å². The molecule has 1 saturated heterocycles. The number of aryl methyl sites for hydroxylation is 3. The smallest absolute Gasteiger partial charge is 0.243 e. The summed E-state index contributed by atoms with van der Waals surface area (Å²) in [5.41, 5.74) is 1.82. The first-order valence-corrected chi connectivity index (χ1v) is 12.3. The number of thiophene rings is 1. The standard InChI is InChI=1S/C21H27ClN2O3S2/c1-14-12-15(2)18(16(3)13-14)29(26,27)24-9-7-23(8-10-24)20(25)21(4,5)19-17(22)6-11-28-19/h6,11-13H,7-10H2,1-5H3. The summed E-state index contributed by atoms with van der Waals surface area (Å²) in [5, 5.41) is 2.48. The lowest BCUT2D eigenvalue weighted by atomic mass is 9.89. The molecule has 1 aromatic carbocycles. The number of rotatable bonds is 4. The topological polar surface area (TPSA) is 57.7 Å². The van der Waals surface area contributed by atoms with Crippen LogP contribution in [0.15, 0.2) is 28.5 Å². The molecule has 1 aromatic heterocycles. The monoisotopic (exact) mass is 454 g/mol. The van der Waals surface area contributed by atoms with Crippen molar-refractivity contribution in [3.63, 3.8) is 0 Å². The summed E-state index contributed by atoms with van der Waals surface area (Å²) in [6, 6.07) is 5.59. The first-order chi connectivity index (χ1) is 13.5. The van der Waals surface area contributed by atoms with Gasteiger partial charge in [0.15, 0.2) is 0 Å². The van der Waals surface area contributed by atoms with E-state index in [2.05, 4.69) is 0 Å². The fraction of sp³-hybridized carbons (Fsp3) is 0.476. The molecule has 1 aliphatic heterocycles. The Labute approximate surface area is 182 Å². The number of hydrogen-bond donors (Lipinski definition) is 0. The van der Waals surface area contributed by atoms with Crippen LogP contribution in [0.2, 0.25) is 5.02 Å². The van der Waals surface area contributed by atoms with Gasteiger partial charge in [-0.25, -0.2) is 8.42 Å². The van der Waals surface area contributed by atoms with Gasteiger partial charge in [-0.05, 0) is 57.2 Å². The van der Waals surface area contributed by atoms with Gasteiger partial charge in [0.1, 0.15) is 0 Å². The van der Waals surface area contributed by atoms with E-state index in [0.29, 0.717) is 23.0 Å². The summed E-state index contributed by atoms with van der Waals surface area (Å²) in [4.78, 5) is 16.1. The highest BCUT2D eigenvalue weighted by atomic mass is 35.5. The van der Waals surface area contributed by atoms with Crippen LogP contribution in [0.4, 0.5) is 0 Å². The number of benzene rings is 1. The molecule has 8 heteroatoms. The van der Waals surface area contributed by atoms with E-state index in [1.807, 2.05) is 52.1 Å². The number of amides is 1. The van der Waals surface area contributed by atoms with Crippen LogP contribution in [0.1, 0.15) is 35.4 Å². The maximum absolute atomic E-state index is 13.3. The molecule has 158 valence electrons. The van der Waals surface area contributed by atoms with Gasteiger partial charge in [-0.3, -0.25) is 4.79 Å². The zero-order chi connectivity index (χ0) is 21.6.